The minimum absolute atomic E-state index is 0.0229. The number of aromatic nitrogens is 1. The molecule has 2 fully saturated rings. The molecule has 2 unspecified atom stereocenters. The normalized spacial score (nSPS) is 27.7. The van der Waals surface area contributed by atoms with Gasteiger partial charge in [-0.1, -0.05) is 35.5 Å². The number of pyridine rings is 1. The summed E-state index contributed by atoms with van der Waals surface area (Å²) in [5.41, 5.74) is 6.91. The monoisotopic (exact) mass is 553 g/mol. The third-order valence-electron chi connectivity index (χ3n) is 8.35. The number of carboxylic acids is 1. The first-order valence-corrected chi connectivity index (χ1v) is 13.1. The average molecular weight is 554 g/mol. The number of carboxylic acid groups (broad SMARTS) is 1. The maximum absolute atomic E-state index is 14.0. The van der Waals surface area contributed by atoms with Crippen LogP contribution >= 0.6 is 11.8 Å². The first kappa shape index (κ1) is 26.5. The summed E-state index contributed by atoms with van der Waals surface area (Å²) in [6.07, 6.45) is 1.32. The Morgan fingerprint density at radius 1 is 1.21 bits per heavy atom. The van der Waals surface area contributed by atoms with Gasteiger partial charge in [0.25, 0.3) is 5.91 Å². The van der Waals surface area contributed by atoms with Crippen LogP contribution in [0.5, 0.6) is 5.75 Å². The third-order valence-corrected chi connectivity index (χ3v) is 9.88. The Morgan fingerprint density at radius 3 is 2.41 bits per heavy atom. The fourth-order valence-electron chi connectivity index (χ4n) is 6.96. The van der Waals surface area contributed by atoms with Crippen LogP contribution in [0.4, 0.5) is 0 Å². The zero-order valence-corrected chi connectivity index (χ0v) is 21.9. The number of aryl methyl sites for hydroxylation is 1. The molecule has 3 heterocycles. The molecule has 4 atom stereocenters. The molecule has 1 aromatic heterocycles. The third kappa shape index (κ3) is 3.13. The number of aliphatic carboxylic acids is 1. The molecule has 13 heteroatoms. The smallest absolute Gasteiger partial charge is 0.332 e. The molecule has 1 aliphatic carbocycles. The molecule has 39 heavy (non-hydrogen) atoms. The highest BCUT2D eigenvalue weighted by atomic mass is 32.2. The summed E-state index contributed by atoms with van der Waals surface area (Å²) in [4.78, 5) is 58.3. The molecule has 2 saturated heterocycles. The molecule has 0 radical (unpaired) electrons. The van der Waals surface area contributed by atoms with Crippen molar-refractivity contribution >= 4 is 41.2 Å². The number of fused-ring (bicyclic) bond motifs is 2. The van der Waals surface area contributed by atoms with E-state index < -0.39 is 56.4 Å². The second kappa shape index (κ2) is 8.70. The number of thioether (sulfide) groups is 1. The van der Waals surface area contributed by atoms with E-state index in [-0.39, 0.29) is 47.4 Å². The summed E-state index contributed by atoms with van der Waals surface area (Å²) < 4.78 is -1.27. The van der Waals surface area contributed by atoms with Crippen molar-refractivity contribution in [2.45, 2.75) is 54.2 Å². The van der Waals surface area contributed by atoms with E-state index >= 15 is 0 Å². The zero-order chi connectivity index (χ0) is 28.5. The lowest BCUT2D eigenvalue weighted by Gasteiger charge is -2.58. The molecule has 0 bridgehead atoms. The van der Waals surface area contributed by atoms with Gasteiger partial charge in [-0.3, -0.25) is 19.4 Å². The maximum Gasteiger partial charge on any atom is 0.332 e. The summed E-state index contributed by atoms with van der Waals surface area (Å²) in [5, 5.41) is 35.5. The van der Waals surface area contributed by atoms with Crippen molar-refractivity contribution in [3.63, 3.8) is 0 Å². The van der Waals surface area contributed by atoms with Gasteiger partial charge in [-0.25, -0.2) is 4.79 Å². The Kier molecular flexibility index (Phi) is 5.90. The van der Waals surface area contributed by atoms with Crippen LogP contribution in [0.3, 0.4) is 0 Å². The van der Waals surface area contributed by atoms with Crippen LogP contribution in [0.2, 0.25) is 0 Å². The molecule has 2 aromatic rings. The molecule has 2 aliphatic heterocycles. The number of primary amides is 2. The van der Waals surface area contributed by atoms with Crippen molar-refractivity contribution in [3.05, 3.63) is 58.9 Å². The molecule has 3 aliphatic rings. The molecule has 0 spiro atoms. The number of benzene rings is 1. The first-order valence-electron chi connectivity index (χ1n) is 12.2. The van der Waals surface area contributed by atoms with Crippen molar-refractivity contribution in [2.24, 2.45) is 22.5 Å². The van der Waals surface area contributed by atoms with Crippen LogP contribution in [-0.4, -0.2) is 70.4 Å². The van der Waals surface area contributed by atoms with Gasteiger partial charge < -0.3 is 31.8 Å². The number of β-lactam (4-membered cyclic amide) rings is 1. The summed E-state index contributed by atoms with van der Waals surface area (Å²) in [7, 11) is 0. The van der Waals surface area contributed by atoms with Crippen LogP contribution in [0.15, 0.2) is 41.7 Å². The highest BCUT2D eigenvalue weighted by Gasteiger charge is 2.81. The SMILES string of the molecule is CC1(C)S[C@@H]2CC(=O)N2[C@@]1(C(=O)O)C(C(N)=O)(c1ccccc1)C1CCc2ncc(C(N)=O)c(O)c2C1=NO. The van der Waals surface area contributed by atoms with Gasteiger partial charge in [0.2, 0.25) is 11.8 Å². The van der Waals surface area contributed by atoms with Crippen LogP contribution in [0, 0.1) is 5.92 Å². The molecule has 3 amide bonds. The summed E-state index contributed by atoms with van der Waals surface area (Å²) in [6, 6.07) is 8.01. The first-order chi connectivity index (χ1) is 18.4. The van der Waals surface area contributed by atoms with E-state index in [0.717, 1.165) is 6.20 Å². The number of aromatic hydroxyl groups is 1. The molecular weight excluding hydrogens is 526 g/mol. The highest BCUT2D eigenvalue weighted by molar-refractivity contribution is 8.01. The largest absolute Gasteiger partial charge is 0.506 e. The Hall–Kier alpha value is -4.13. The van der Waals surface area contributed by atoms with Crippen LogP contribution in [-0.2, 0) is 26.2 Å². The molecule has 1 aromatic carbocycles. The lowest BCUT2D eigenvalue weighted by atomic mass is 9.50. The number of carbonyl (C=O) groups excluding carboxylic acids is 3. The van der Waals surface area contributed by atoms with E-state index in [2.05, 4.69) is 10.1 Å². The van der Waals surface area contributed by atoms with Crippen molar-refractivity contribution in [2.75, 3.05) is 0 Å². The van der Waals surface area contributed by atoms with Crippen LogP contribution in [0.25, 0.3) is 0 Å². The Balaban J connectivity index is 1.91. The van der Waals surface area contributed by atoms with Crippen LogP contribution < -0.4 is 11.5 Å². The van der Waals surface area contributed by atoms with Crippen molar-refractivity contribution < 1.29 is 34.6 Å². The molecule has 0 saturated carbocycles. The van der Waals surface area contributed by atoms with Gasteiger partial charge in [0.15, 0.2) is 5.54 Å². The predicted octanol–water partition coefficient (Wildman–Crippen LogP) is 0.957. The summed E-state index contributed by atoms with van der Waals surface area (Å²) >= 11 is 1.25. The van der Waals surface area contributed by atoms with Gasteiger partial charge in [-0.2, -0.15) is 0 Å². The number of amides is 3. The fourth-order valence-corrected chi connectivity index (χ4v) is 8.77. The number of oxime groups is 1. The number of hydrogen-bond donors (Lipinski definition) is 5. The van der Waals surface area contributed by atoms with Crippen LogP contribution in [0.1, 0.15) is 53.9 Å². The van der Waals surface area contributed by atoms with E-state index in [1.165, 1.54) is 16.7 Å². The van der Waals surface area contributed by atoms with Gasteiger partial charge in [-0.15, -0.1) is 11.8 Å². The average Bonchev–Trinajstić information content (AvgIpc) is 3.07. The fraction of sp³-hybridized carbons (Fsp3) is 0.385. The second-order valence-electron chi connectivity index (χ2n) is 10.4. The molecule has 5 rings (SSSR count). The number of rotatable bonds is 6. The van der Waals surface area contributed by atoms with Crippen molar-refractivity contribution in [3.8, 4) is 5.75 Å². The number of nitrogens with two attached hydrogens (primary N) is 2. The van der Waals surface area contributed by atoms with Gasteiger partial charge in [0.05, 0.1) is 34.3 Å². The molecular formula is C26H27N5O7S. The number of nitrogens with zero attached hydrogens (tertiary/aromatic N) is 3. The van der Waals surface area contributed by atoms with Gasteiger partial charge in [0, 0.05) is 16.9 Å². The molecule has 12 nitrogen and oxygen atoms in total. The topological polar surface area (TPSA) is 209 Å². The Labute approximate surface area is 227 Å². The Morgan fingerprint density at radius 2 is 1.87 bits per heavy atom. The van der Waals surface area contributed by atoms with E-state index in [1.54, 1.807) is 44.2 Å². The maximum atomic E-state index is 14.0. The standard InChI is InChI=1S/C26H27N5O7S/c1-24(2)26(23(36)37,31-16(32)10-17(31)39-24)25(22(28)35,12-6-4-3-5-7-12)14-8-9-15-18(19(14)30-38)20(33)13(11-29-15)21(27)34/h3-7,11,14,17,38H,8-10H2,1-2H3,(H2,27,34)(H2,28,35)(H,29,33)(H,36,37)/t14?,17-,25?,26-/m1/s1. The van der Waals surface area contributed by atoms with Crippen molar-refractivity contribution in [1.29, 1.82) is 0 Å². The minimum atomic E-state index is -2.24. The number of carbonyl (C=O) groups is 4. The van der Waals surface area contributed by atoms with Gasteiger partial charge in [0.1, 0.15) is 11.2 Å². The second-order valence-corrected chi connectivity index (χ2v) is 12.2. The summed E-state index contributed by atoms with van der Waals surface area (Å²) in [5.74, 6) is -5.84. The highest BCUT2D eigenvalue weighted by Crippen LogP contribution is 2.66. The van der Waals surface area contributed by atoms with E-state index in [1.807, 2.05) is 0 Å². The lowest BCUT2D eigenvalue weighted by Crippen LogP contribution is -2.81. The summed E-state index contributed by atoms with van der Waals surface area (Å²) in [6.45, 7) is 3.30. The van der Waals surface area contributed by atoms with E-state index in [4.69, 9.17) is 11.5 Å². The Bertz CT molecular complexity index is 1460. The number of hydrogen-bond acceptors (Lipinski definition) is 9. The lowest BCUT2D eigenvalue weighted by molar-refractivity contribution is -0.180. The van der Waals surface area contributed by atoms with E-state index in [9.17, 15) is 34.6 Å². The molecule has 204 valence electrons. The van der Waals surface area contributed by atoms with Crippen molar-refractivity contribution in [1.82, 2.24) is 9.88 Å². The minimum Gasteiger partial charge on any atom is -0.506 e. The quantitative estimate of drug-likeness (QED) is 0.196. The zero-order valence-electron chi connectivity index (χ0n) is 21.1. The van der Waals surface area contributed by atoms with Gasteiger partial charge in [-0.05, 0) is 32.3 Å². The van der Waals surface area contributed by atoms with Gasteiger partial charge >= 0.3 is 5.97 Å². The van der Waals surface area contributed by atoms with E-state index in [0.29, 0.717) is 0 Å². The predicted molar refractivity (Wildman–Crippen MR) is 139 cm³/mol. The molecule has 7 N–H and O–H groups in total.